The molecule has 0 bridgehead atoms. The summed E-state index contributed by atoms with van der Waals surface area (Å²) in [6, 6.07) is 7.39. The maximum atomic E-state index is 12.5. The van der Waals surface area contributed by atoms with Crippen molar-refractivity contribution in [1.82, 2.24) is 0 Å². The van der Waals surface area contributed by atoms with E-state index in [0.29, 0.717) is 0 Å². The molecule has 0 unspecified atom stereocenters. The fourth-order valence-electron chi connectivity index (χ4n) is 1.03. The van der Waals surface area contributed by atoms with Gasteiger partial charge in [-0.3, -0.25) is 4.79 Å². The number of benzene rings is 1. The zero-order chi connectivity index (χ0) is 13.1. The Balaban J connectivity index is 2.62. The molecule has 0 saturated carbocycles. The van der Waals surface area contributed by atoms with Crippen LogP contribution in [-0.4, -0.2) is 18.0 Å². The summed E-state index contributed by atoms with van der Waals surface area (Å²) < 4.78 is 60.4. The molecule has 1 N–H and O–H groups in total. The molecule has 0 spiro atoms. The fraction of sp³-hybridized carbons (Fsp3) is 0.300. The molecule has 17 heavy (non-hydrogen) atoms. The zero-order valence-electron chi connectivity index (χ0n) is 8.39. The van der Waals surface area contributed by atoms with Gasteiger partial charge in [-0.25, -0.2) is 0 Å². The molecule has 94 valence electrons. The van der Waals surface area contributed by atoms with Crippen molar-refractivity contribution in [1.29, 1.82) is 0 Å². The van der Waals surface area contributed by atoms with Gasteiger partial charge in [-0.15, -0.1) is 0 Å². The fourth-order valence-corrected chi connectivity index (χ4v) is 1.03. The van der Waals surface area contributed by atoms with Crippen molar-refractivity contribution >= 4 is 11.6 Å². The highest BCUT2D eigenvalue weighted by Crippen LogP contribution is 2.38. The van der Waals surface area contributed by atoms with Gasteiger partial charge in [0, 0.05) is 5.69 Å². The first kappa shape index (κ1) is 13.4. The monoisotopic (exact) mass is 253 g/mol. The summed E-state index contributed by atoms with van der Waals surface area (Å²) >= 11 is 0. The molecule has 0 heterocycles. The van der Waals surface area contributed by atoms with E-state index in [4.69, 9.17) is 0 Å². The lowest BCUT2D eigenvalue weighted by Gasteiger charge is -2.18. The van der Waals surface area contributed by atoms with Gasteiger partial charge in [0.25, 0.3) is 0 Å². The Morgan fingerprint density at radius 3 is 2.06 bits per heavy atom. The minimum atomic E-state index is -5.72. The van der Waals surface area contributed by atoms with Crippen molar-refractivity contribution in [3.8, 4) is 0 Å². The maximum Gasteiger partial charge on any atom is 0.453 e. The number of carbonyl (C=O) groups excluding carboxylic acids is 1. The van der Waals surface area contributed by atoms with Crippen LogP contribution in [0.4, 0.5) is 27.6 Å². The van der Waals surface area contributed by atoms with Crippen molar-refractivity contribution in [3.63, 3.8) is 0 Å². The third-order valence-electron chi connectivity index (χ3n) is 1.85. The van der Waals surface area contributed by atoms with Crippen LogP contribution in [0.1, 0.15) is 6.42 Å². The molecule has 2 nitrogen and oxygen atoms in total. The van der Waals surface area contributed by atoms with E-state index in [1.807, 2.05) is 5.32 Å². The van der Waals surface area contributed by atoms with Gasteiger partial charge in [0.15, 0.2) is 0 Å². The molecule has 0 saturated heterocycles. The lowest BCUT2D eigenvalue weighted by Crippen LogP contribution is -2.39. The summed E-state index contributed by atoms with van der Waals surface area (Å²) in [4.78, 5) is 11.0. The molecule has 1 rings (SSSR count). The lowest BCUT2D eigenvalue weighted by molar-refractivity contribution is -0.281. The highest BCUT2D eigenvalue weighted by molar-refractivity contribution is 5.91. The van der Waals surface area contributed by atoms with Crippen molar-refractivity contribution < 1.29 is 26.7 Å². The molecule has 7 heteroatoms. The number of nitrogens with one attached hydrogen (secondary N) is 1. The minimum Gasteiger partial charge on any atom is -0.326 e. The standard InChI is InChI=1S/C10H8F5NO/c11-9(12,10(13,14)15)6-8(17)16-7-4-2-1-3-5-7/h1-5H,6H2,(H,16,17). The number of alkyl halides is 5. The van der Waals surface area contributed by atoms with E-state index < -0.39 is 24.4 Å². The molecule has 1 aromatic rings. The normalized spacial score (nSPS) is 12.3. The Hall–Kier alpha value is -1.66. The summed E-state index contributed by atoms with van der Waals surface area (Å²) in [5.74, 6) is -6.41. The highest BCUT2D eigenvalue weighted by Gasteiger charge is 2.58. The van der Waals surface area contributed by atoms with Crippen molar-refractivity contribution in [2.24, 2.45) is 0 Å². The number of carbonyl (C=O) groups is 1. The first-order valence-electron chi connectivity index (χ1n) is 4.52. The van der Waals surface area contributed by atoms with E-state index in [9.17, 15) is 26.7 Å². The maximum absolute atomic E-state index is 12.5. The minimum absolute atomic E-state index is 0.162. The molecule has 0 aliphatic carbocycles. The number of amides is 1. The van der Waals surface area contributed by atoms with Crippen molar-refractivity contribution in [2.75, 3.05) is 5.32 Å². The summed E-state index contributed by atoms with van der Waals surface area (Å²) in [7, 11) is 0. The van der Waals surface area contributed by atoms with Gasteiger partial charge in [0.2, 0.25) is 5.91 Å². The number of para-hydroxylation sites is 1. The van der Waals surface area contributed by atoms with Gasteiger partial charge in [0.1, 0.15) is 6.42 Å². The number of hydrogen-bond donors (Lipinski definition) is 1. The number of rotatable bonds is 3. The van der Waals surface area contributed by atoms with Crippen LogP contribution in [0.15, 0.2) is 30.3 Å². The summed E-state index contributed by atoms with van der Waals surface area (Å²) in [6.45, 7) is 0. The topological polar surface area (TPSA) is 29.1 Å². The molecule has 0 aliphatic rings. The number of halogens is 5. The molecule has 0 atom stereocenters. The van der Waals surface area contributed by atoms with Crippen molar-refractivity contribution in [3.05, 3.63) is 30.3 Å². The first-order chi connectivity index (χ1) is 7.72. The Bertz CT molecular complexity index is 387. The SMILES string of the molecule is O=C(CC(F)(F)C(F)(F)F)Nc1ccccc1. The zero-order valence-corrected chi connectivity index (χ0v) is 8.39. The third-order valence-corrected chi connectivity index (χ3v) is 1.85. The Morgan fingerprint density at radius 1 is 1.06 bits per heavy atom. The summed E-state index contributed by atoms with van der Waals surface area (Å²) in [6.07, 6.45) is -7.65. The first-order valence-corrected chi connectivity index (χ1v) is 4.52. The molecule has 0 aliphatic heterocycles. The van der Waals surface area contributed by atoms with E-state index in [1.165, 1.54) is 24.3 Å². The quantitative estimate of drug-likeness (QED) is 0.823. The van der Waals surface area contributed by atoms with Crippen LogP contribution in [0.5, 0.6) is 0 Å². The Labute approximate surface area is 93.4 Å². The summed E-state index contributed by atoms with van der Waals surface area (Å²) in [5.41, 5.74) is 0.162. The number of hydrogen-bond acceptors (Lipinski definition) is 1. The Morgan fingerprint density at radius 2 is 1.59 bits per heavy atom. The predicted octanol–water partition coefficient (Wildman–Crippen LogP) is 3.21. The van der Waals surface area contributed by atoms with Crippen LogP contribution in [-0.2, 0) is 4.79 Å². The van der Waals surface area contributed by atoms with E-state index in [-0.39, 0.29) is 5.69 Å². The molecule has 0 aromatic heterocycles. The van der Waals surface area contributed by atoms with E-state index in [1.54, 1.807) is 6.07 Å². The van der Waals surface area contributed by atoms with Gasteiger partial charge in [-0.2, -0.15) is 22.0 Å². The third kappa shape index (κ3) is 3.69. The van der Waals surface area contributed by atoms with Crippen LogP contribution in [0.2, 0.25) is 0 Å². The smallest absolute Gasteiger partial charge is 0.326 e. The van der Waals surface area contributed by atoms with Crippen LogP contribution < -0.4 is 5.32 Å². The molecular weight excluding hydrogens is 245 g/mol. The van der Waals surface area contributed by atoms with Gasteiger partial charge >= 0.3 is 12.1 Å². The van der Waals surface area contributed by atoms with Crippen LogP contribution in [0.25, 0.3) is 0 Å². The predicted molar refractivity (Wildman–Crippen MR) is 50.7 cm³/mol. The average Bonchev–Trinajstić information content (AvgIpc) is 2.16. The second-order valence-corrected chi connectivity index (χ2v) is 3.29. The van der Waals surface area contributed by atoms with E-state index >= 15 is 0 Å². The molecule has 1 amide bonds. The molecular formula is C10H8F5NO. The van der Waals surface area contributed by atoms with Crippen LogP contribution >= 0.6 is 0 Å². The number of anilines is 1. The second kappa shape index (κ2) is 4.68. The van der Waals surface area contributed by atoms with Gasteiger partial charge in [0.05, 0.1) is 0 Å². The largest absolute Gasteiger partial charge is 0.453 e. The average molecular weight is 253 g/mol. The molecule has 0 radical (unpaired) electrons. The van der Waals surface area contributed by atoms with Gasteiger partial charge in [-0.05, 0) is 12.1 Å². The molecule has 1 aromatic carbocycles. The lowest BCUT2D eigenvalue weighted by atomic mass is 10.2. The van der Waals surface area contributed by atoms with E-state index in [0.717, 1.165) is 0 Å². The van der Waals surface area contributed by atoms with Crippen molar-refractivity contribution in [2.45, 2.75) is 18.5 Å². The van der Waals surface area contributed by atoms with Crippen LogP contribution in [0.3, 0.4) is 0 Å². The van der Waals surface area contributed by atoms with Gasteiger partial charge < -0.3 is 5.32 Å². The van der Waals surface area contributed by atoms with Crippen LogP contribution in [0, 0.1) is 0 Å². The second-order valence-electron chi connectivity index (χ2n) is 3.29. The van der Waals surface area contributed by atoms with E-state index in [2.05, 4.69) is 0 Å². The Kier molecular flexibility index (Phi) is 3.69. The van der Waals surface area contributed by atoms with Gasteiger partial charge in [-0.1, -0.05) is 18.2 Å². The highest BCUT2D eigenvalue weighted by atomic mass is 19.4. The summed E-state index contributed by atoms with van der Waals surface area (Å²) in [5, 5.41) is 1.95. The molecule has 0 fully saturated rings.